The van der Waals surface area contributed by atoms with E-state index in [1.807, 2.05) is 0 Å². The summed E-state index contributed by atoms with van der Waals surface area (Å²) in [5, 5.41) is 0. The van der Waals surface area contributed by atoms with Crippen LogP contribution in [0.3, 0.4) is 0 Å². The van der Waals surface area contributed by atoms with Crippen LogP contribution in [0.25, 0.3) is 17.2 Å². The first-order valence-corrected chi connectivity index (χ1v) is 11.6. The minimum absolute atomic E-state index is 0.389. The first-order valence-electron chi connectivity index (χ1n) is 10.8. The van der Waals surface area contributed by atoms with Crippen LogP contribution in [0, 0.1) is 0 Å². The average Bonchev–Trinajstić information content (AvgIpc) is 3.10. The van der Waals surface area contributed by atoms with Crippen LogP contribution in [0.1, 0.15) is 39.8 Å². The normalized spacial score (nSPS) is 16.0. The number of hydrogen-bond donors (Lipinski definition) is 0. The van der Waals surface area contributed by atoms with Crippen LogP contribution in [0.4, 0.5) is 0 Å². The van der Waals surface area contributed by atoms with Crippen molar-refractivity contribution in [2.24, 2.45) is 0 Å². The quantitative estimate of drug-likeness (QED) is 0.223. The fourth-order valence-corrected chi connectivity index (χ4v) is 6.24. The van der Waals surface area contributed by atoms with Gasteiger partial charge in [0.25, 0.3) is 0 Å². The molecule has 148 valence electrons. The number of allylic oxidation sites excluding steroid dienone is 1. The van der Waals surface area contributed by atoms with Gasteiger partial charge in [0.1, 0.15) is 11.5 Å². The zero-order chi connectivity index (χ0) is 20.6. The highest BCUT2D eigenvalue weighted by molar-refractivity contribution is 9.10. The molecule has 1 spiro atoms. The van der Waals surface area contributed by atoms with Crippen LogP contribution >= 0.6 is 15.9 Å². The fourth-order valence-electron chi connectivity index (χ4n) is 5.88. The van der Waals surface area contributed by atoms with Crippen molar-refractivity contribution in [2.45, 2.75) is 18.3 Å². The molecule has 1 aliphatic heterocycles. The minimum atomic E-state index is -0.389. The first kappa shape index (κ1) is 17.6. The number of fused-ring (bicyclic) bond motifs is 11. The second-order valence-corrected chi connectivity index (χ2v) is 9.45. The van der Waals surface area contributed by atoms with Crippen molar-refractivity contribution < 1.29 is 4.74 Å². The van der Waals surface area contributed by atoms with Crippen LogP contribution in [0.5, 0.6) is 11.5 Å². The summed E-state index contributed by atoms with van der Waals surface area (Å²) in [7, 11) is 0. The third-order valence-electron chi connectivity index (χ3n) is 7.06. The standard InChI is InChI=1S/C29H19BrO/c30-19-14-15-21-25(17-19)29(24-16-13-18-7-1-2-8-20(18)28(21)24)22-9-3-5-11-26(22)31-27-12-6-4-10-23(27)29/h2-6,8-17H,1,7H2. The topological polar surface area (TPSA) is 9.23 Å². The highest BCUT2D eigenvalue weighted by Crippen LogP contribution is 2.63. The molecule has 0 N–H and O–H groups in total. The molecule has 0 unspecified atom stereocenters. The zero-order valence-corrected chi connectivity index (χ0v) is 18.4. The van der Waals surface area contributed by atoms with Crippen molar-refractivity contribution in [2.75, 3.05) is 0 Å². The Kier molecular flexibility index (Phi) is 3.52. The summed E-state index contributed by atoms with van der Waals surface area (Å²) in [5.74, 6) is 1.88. The highest BCUT2D eigenvalue weighted by atomic mass is 79.9. The van der Waals surface area contributed by atoms with Gasteiger partial charge in [-0.3, -0.25) is 0 Å². The van der Waals surface area contributed by atoms with Gasteiger partial charge in [-0.15, -0.1) is 0 Å². The van der Waals surface area contributed by atoms with E-state index in [0.717, 1.165) is 28.8 Å². The number of benzene rings is 4. The molecule has 4 aromatic carbocycles. The third kappa shape index (κ3) is 2.16. The summed E-state index contributed by atoms with van der Waals surface area (Å²) in [4.78, 5) is 0. The SMILES string of the molecule is Brc1ccc2c(c1)C1(c3ccccc3Oc3ccccc31)c1ccc3c(c1-2)C=CCC3. The second-order valence-electron chi connectivity index (χ2n) is 8.54. The molecule has 31 heavy (non-hydrogen) atoms. The Hall–Kier alpha value is -3.10. The van der Waals surface area contributed by atoms with Gasteiger partial charge in [-0.25, -0.2) is 0 Å². The Morgan fingerprint density at radius 1 is 0.742 bits per heavy atom. The molecule has 0 atom stereocenters. The van der Waals surface area contributed by atoms with E-state index in [4.69, 9.17) is 4.74 Å². The lowest BCUT2D eigenvalue weighted by atomic mass is 9.66. The molecule has 0 aromatic heterocycles. The van der Waals surface area contributed by atoms with Crippen LogP contribution in [0.2, 0.25) is 0 Å². The van der Waals surface area contributed by atoms with Crippen LogP contribution in [-0.4, -0.2) is 0 Å². The van der Waals surface area contributed by atoms with Gasteiger partial charge in [0.2, 0.25) is 0 Å². The molecular weight excluding hydrogens is 444 g/mol. The Labute approximate surface area is 190 Å². The lowest BCUT2D eigenvalue weighted by Crippen LogP contribution is -2.32. The Bertz CT molecular complexity index is 1380. The number of rotatable bonds is 0. The maximum absolute atomic E-state index is 6.41. The Balaban J connectivity index is 1.72. The Morgan fingerprint density at radius 3 is 2.26 bits per heavy atom. The smallest absolute Gasteiger partial charge is 0.132 e. The van der Waals surface area contributed by atoms with Gasteiger partial charge in [0.15, 0.2) is 0 Å². The van der Waals surface area contributed by atoms with Gasteiger partial charge >= 0.3 is 0 Å². The van der Waals surface area contributed by atoms with E-state index in [-0.39, 0.29) is 5.41 Å². The number of ether oxygens (including phenoxy) is 1. The summed E-state index contributed by atoms with van der Waals surface area (Å²) < 4.78 is 7.51. The maximum atomic E-state index is 6.41. The minimum Gasteiger partial charge on any atom is -0.457 e. The van der Waals surface area contributed by atoms with Crippen LogP contribution in [-0.2, 0) is 11.8 Å². The highest BCUT2D eigenvalue weighted by Gasteiger charge is 2.51. The molecule has 4 aromatic rings. The molecule has 1 nitrogen and oxygen atoms in total. The molecule has 2 heteroatoms. The molecule has 3 aliphatic rings. The number of halogens is 1. The molecule has 7 rings (SSSR count). The van der Waals surface area contributed by atoms with E-state index in [1.165, 1.54) is 44.5 Å². The molecule has 0 bridgehead atoms. The van der Waals surface area contributed by atoms with Crippen molar-refractivity contribution in [3.8, 4) is 22.6 Å². The summed E-state index contributed by atoms with van der Waals surface area (Å²) >= 11 is 3.77. The summed E-state index contributed by atoms with van der Waals surface area (Å²) in [6.07, 6.45) is 6.87. The third-order valence-corrected chi connectivity index (χ3v) is 7.55. The van der Waals surface area contributed by atoms with Crippen molar-refractivity contribution in [1.82, 2.24) is 0 Å². The maximum Gasteiger partial charge on any atom is 0.132 e. The van der Waals surface area contributed by atoms with Crippen LogP contribution < -0.4 is 4.74 Å². The van der Waals surface area contributed by atoms with E-state index >= 15 is 0 Å². The zero-order valence-electron chi connectivity index (χ0n) is 16.9. The summed E-state index contributed by atoms with van der Waals surface area (Å²) in [5.41, 5.74) is 10.3. The molecule has 1 heterocycles. The van der Waals surface area contributed by atoms with E-state index in [1.54, 1.807) is 0 Å². The molecule has 2 aliphatic carbocycles. The summed E-state index contributed by atoms with van der Waals surface area (Å²) in [6.45, 7) is 0. The molecule has 0 saturated heterocycles. The number of para-hydroxylation sites is 2. The van der Waals surface area contributed by atoms with E-state index in [9.17, 15) is 0 Å². The number of aryl methyl sites for hydroxylation is 1. The van der Waals surface area contributed by atoms with Crippen molar-refractivity contribution in [3.63, 3.8) is 0 Å². The first-order chi connectivity index (χ1) is 15.3. The van der Waals surface area contributed by atoms with Gasteiger partial charge in [0.05, 0.1) is 5.41 Å². The predicted octanol–water partition coefficient (Wildman–Crippen LogP) is 7.88. The van der Waals surface area contributed by atoms with Crippen molar-refractivity contribution in [3.05, 3.63) is 123 Å². The largest absolute Gasteiger partial charge is 0.457 e. The van der Waals surface area contributed by atoms with Gasteiger partial charge in [-0.05, 0) is 70.5 Å². The van der Waals surface area contributed by atoms with Gasteiger partial charge < -0.3 is 4.74 Å². The number of hydrogen-bond acceptors (Lipinski definition) is 1. The fraction of sp³-hybridized carbons (Fsp3) is 0.103. The average molecular weight is 463 g/mol. The molecule has 0 amide bonds. The van der Waals surface area contributed by atoms with Crippen molar-refractivity contribution in [1.29, 1.82) is 0 Å². The van der Waals surface area contributed by atoms with Gasteiger partial charge in [-0.1, -0.05) is 82.7 Å². The lowest BCUT2D eigenvalue weighted by Gasteiger charge is -2.39. The Morgan fingerprint density at radius 2 is 1.48 bits per heavy atom. The second kappa shape index (κ2) is 6.21. The van der Waals surface area contributed by atoms with Gasteiger partial charge in [0, 0.05) is 15.6 Å². The molecule has 0 saturated carbocycles. The van der Waals surface area contributed by atoms with Crippen LogP contribution in [0.15, 0.2) is 89.4 Å². The van der Waals surface area contributed by atoms with Gasteiger partial charge in [-0.2, -0.15) is 0 Å². The molecule has 0 fully saturated rings. The monoisotopic (exact) mass is 462 g/mol. The van der Waals surface area contributed by atoms with E-state index in [0.29, 0.717) is 0 Å². The molecular formula is C29H19BrO. The summed E-state index contributed by atoms with van der Waals surface area (Å²) in [6, 6.07) is 28.6. The van der Waals surface area contributed by atoms with E-state index < -0.39 is 0 Å². The lowest BCUT2D eigenvalue weighted by molar-refractivity contribution is 0.436. The molecule has 0 radical (unpaired) electrons. The van der Waals surface area contributed by atoms with E-state index in [2.05, 4.69) is 107 Å². The predicted molar refractivity (Wildman–Crippen MR) is 129 cm³/mol. The van der Waals surface area contributed by atoms with Crippen molar-refractivity contribution >= 4 is 22.0 Å².